The third-order valence-corrected chi connectivity index (χ3v) is 6.63. The summed E-state index contributed by atoms with van der Waals surface area (Å²) in [4.78, 5) is 29.8. The maximum Gasteiger partial charge on any atom is 0.282 e. The number of aryl methyl sites for hydroxylation is 2. The topological polar surface area (TPSA) is 101 Å². The second-order valence-corrected chi connectivity index (χ2v) is 9.26. The Balaban J connectivity index is 1.81. The van der Waals surface area contributed by atoms with Crippen molar-refractivity contribution in [1.29, 1.82) is 0 Å². The number of imide groups is 1. The van der Waals surface area contributed by atoms with Gasteiger partial charge in [0.2, 0.25) is 10.0 Å². The minimum absolute atomic E-state index is 0.0764. The number of hydrogen-bond donors (Lipinski definition) is 1. The third-order valence-electron chi connectivity index (χ3n) is 5.70. The van der Waals surface area contributed by atoms with Crippen LogP contribution in [-0.4, -0.2) is 38.2 Å². The maximum atomic E-state index is 13.4. The Bertz CT molecular complexity index is 1180. The largest absolute Gasteiger partial charge is 0.366 e. The molecule has 0 saturated carbocycles. The van der Waals surface area contributed by atoms with E-state index >= 15 is 0 Å². The standard InChI is InChI=1S/C22H23N3O4S/c1-14-5-6-16(13-15(14)2)19-20(24-11-3-4-12-24)22(27)25(21(19)26)17-7-9-18(10-8-17)30(23,28)29/h5-10,13H,3-4,11-12H2,1-2H3,(H2,23,28,29). The lowest BCUT2D eigenvalue weighted by Gasteiger charge is -2.20. The molecule has 2 amide bonds. The van der Waals surface area contributed by atoms with Crippen molar-refractivity contribution in [2.75, 3.05) is 18.0 Å². The monoisotopic (exact) mass is 425 g/mol. The van der Waals surface area contributed by atoms with E-state index in [9.17, 15) is 18.0 Å². The van der Waals surface area contributed by atoms with Gasteiger partial charge >= 0.3 is 0 Å². The van der Waals surface area contributed by atoms with Gasteiger partial charge in [0.1, 0.15) is 5.70 Å². The number of nitrogens with two attached hydrogens (primary N) is 1. The smallest absolute Gasteiger partial charge is 0.282 e. The van der Waals surface area contributed by atoms with Crippen LogP contribution in [0.2, 0.25) is 0 Å². The number of nitrogens with zero attached hydrogens (tertiary/aromatic N) is 2. The van der Waals surface area contributed by atoms with Crippen molar-refractivity contribution in [3.63, 3.8) is 0 Å². The second kappa shape index (κ2) is 7.37. The van der Waals surface area contributed by atoms with Crippen LogP contribution in [0.5, 0.6) is 0 Å². The number of carbonyl (C=O) groups is 2. The molecule has 2 N–H and O–H groups in total. The number of amides is 2. The van der Waals surface area contributed by atoms with Crippen LogP contribution >= 0.6 is 0 Å². The third kappa shape index (κ3) is 3.42. The average Bonchev–Trinajstić information content (AvgIpc) is 3.30. The molecule has 156 valence electrons. The van der Waals surface area contributed by atoms with Crippen molar-refractivity contribution in [3.8, 4) is 0 Å². The van der Waals surface area contributed by atoms with Gasteiger partial charge in [-0.05, 0) is 67.6 Å². The summed E-state index contributed by atoms with van der Waals surface area (Å²) in [7, 11) is -3.86. The van der Waals surface area contributed by atoms with Gasteiger partial charge in [0, 0.05) is 13.1 Å². The Morgan fingerprint density at radius 2 is 1.50 bits per heavy atom. The summed E-state index contributed by atoms with van der Waals surface area (Å²) in [6.45, 7) is 5.41. The number of rotatable bonds is 4. The summed E-state index contributed by atoms with van der Waals surface area (Å²) in [6.07, 6.45) is 1.93. The van der Waals surface area contributed by atoms with Crippen molar-refractivity contribution >= 4 is 33.1 Å². The summed E-state index contributed by atoms with van der Waals surface area (Å²) in [5, 5.41) is 5.15. The van der Waals surface area contributed by atoms with Crippen molar-refractivity contribution in [3.05, 3.63) is 64.9 Å². The van der Waals surface area contributed by atoms with E-state index in [1.54, 1.807) is 0 Å². The SMILES string of the molecule is Cc1ccc(C2=C(N3CCCC3)C(=O)N(c3ccc(S(N)(=O)=O)cc3)C2=O)cc1C. The maximum absolute atomic E-state index is 13.4. The van der Waals surface area contributed by atoms with Crippen LogP contribution in [0.1, 0.15) is 29.5 Å². The van der Waals surface area contributed by atoms with E-state index < -0.39 is 21.8 Å². The highest BCUT2D eigenvalue weighted by Crippen LogP contribution is 2.36. The number of benzene rings is 2. The molecule has 2 aromatic carbocycles. The van der Waals surface area contributed by atoms with Crippen LogP contribution in [0.25, 0.3) is 5.57 Å². The van der Waals surface area contributed by atoms with Gasteiger partial charge in [-0.3, -0.25) is 9.59 Å². The van der Waals surface area contributed by atoms with Gasteiger partial charge in [-0.1, -0.05) is 18.2 Å². The minimum Gasteiger partial charge on any atom is -0.366 e. The minimum atomic E-state index is -3.86. The summed E-state index contributed by atoms with van der Waals surface area (Å²) in [6, 6.07) is 11.2. The van der Waals surface area contributed by atoms with E-state index in [2.05, 4.69) is 0 Å². The molecule has 30 heavy (non-hydrogen) atoms. The molecule has 2 heterocycles. The summed E-state index contributed by atoms with van der Waals surface area (Å²) < 4.78 is 23.1. The number of hydrogen-bond acceptors (Lipinski definition) is 5. The molecule has 2 aliphatic rings. The fourth-order valence-corrected chi connectivity index (χ4v) is 4.44. The van der Waals surface area contributed by atoms with Gasteiger partial charge < -0.3 is 4.90 Å². The normalized spacial score (nSPS) is 17.4. The molecule has 4 rings (SSSR count). The summed E-state index contributed by atoms with van der Waals surface area (Å²) in [5.41, 5.74) is 3.97. The van der Waals surface area contributed by atoms with Crippen LogP contribution in [-0.2, 0) is 19.6 Å². The lowest BCUT2D eigenvalue weighted by atomic mass is 9.99. The van der Waals surface area contributed by atoms with Crippen molar-refractivity contribution in [2.24, 2.45) is 5.14 Å². The van der Waals surface area contributed by atoms with Crippen molar-refractivity contribution in [1.82, 2.24) is 4.90 Å². The van der Waals surface area contributed by atoms with E-state index in [0.29, 0.717) is 22.5 Å². The van der Waals surface area contributed by atoms with Gasteiger partial charge in [-0.2, -0.15) is 0 Å². The molecule has 0 radical (unpaired) electrons. The zero-order chi connectivity index (χ0) is 21.6. The second-order valence-electron chi connectivity index (χ2n) is 7.70. The van der Waals surface area contributed by atoms with E-state index in [1.807, 2.05) is 36.9 Å². The quantitative estimate of drug-likeness (QED) is 0.758. The van der Waals surface area contributed by atoms with E-state index in [4.69, 9.17) is 5.14 Å². The average molecular weight is 426 g/mol. The van der Waals surface area contributed by atoms with Gasteiger partial charge in [-0.15, -0.1) is 0 Å². The molecule has 1 fully saturated rings. The zero-order valence-corrected chi connectivity index (χ0v) is 17.7. The molecular formula is C22H23N3O4S. The molecule has 7 nitrogen and oxygen atoms in total. The van der Waals surface area contributed by atoms with Gasteiger partial charge in [0.25, 0.3) is 11.8 Å². The summed E-state index contributed by atoms with van der Waals surface area (Å²) in [5.74, 6) is -0.799. The predicted octanol–water partition coefficient (Wildman–Crippen LogP) is 2.33. The highest BCUT2D eigenvalue weighted by molar-refractivity contribution is 7.89. The first-order valence-corrected chi connectivity index (χ1v) is 11.3. The van der Waals surface area contributed by atoms with E-state index in [-0.39, 0.29) is 4.90 Å². The molecule has 2 aliphatic heterocycles. The molecule has 8 heteroatoms. The molecule has 0 unspecified atom stereocenters. The first-order chi connectivity index (χ1) is 14.2. The number of anilines is 1. The van der Waals surface area contributed by atoms with Gasteiger partial charge in [0.05, 0.1) is 16.2 Å². The number of likely N-dealkylation sites (tertiary alicyclic amines) is 1. The molecule has 1 saturated heterocycles. The number of carbonyl (C=O) groups excluding carboxylic acids is 2. The molecule has 2 aromatic rings. The Hall–Kier alpha value is -2.97. The highest BCUT2D eigenvalue weighted by atomic mass is 32.2. The van der Waals surface area contributed by atoms with Crippen LogP contribution in [0.15, 0.2) is 53.1 Å². The first kappa shape index (κ1) is 20.3. The van der Waals surface area contributed by atoms with Gasteiger partial charge in [-0.25, -0.2) is 18.5 Å². The molecule has 0 atom stereocenters. The fourth-order valence-electron chi connectivity index (χ4n) is 3.93. The Morgan fingerprint density at radius 3 is 2.07 bits per heavy atom. The molecule has 0 spiro atoms. The molecule has 0 aliphatic carbocycles. The van der Waals surface area contributed by atoms with Crippen LogP contribution in [0, 0.1) is 13.8 Å². The van der Waals surface area contributed by atoms with E-state index in [1.165, 1.54) is 24.3 Å². The lowest BCUT2D eigenvalue weighted by Crippen LogP contribution is -2.34. The lowest BCUT2D eigenvalue weighted by molar-refractivity contribution is -0.120. The van der Waals surface area contributed by atoms with Gasteiger partial charge in [0.15, 0.2) is 0 Å². The molecular weight excluding hydrogens is 402 g/mol. The van der Waals surface area contributed by atoms with Crippen molar-refractivity contribution < 1.29 is 18.0 Å². The number of primary sulfonamides is 1. The predicted molar refractivity (Wildman–Crippen MR) is 114 cm³/mol. The van der Waals surface area contributed by atoms with Crippen LogP contribution < -0.4 is 10.0 Å². The van der Waals surface area contributed by atoms with Crippen LogP contribution in [0.3, 0.4) is 0 Å². The van der Waals surface area contributed by atoms with E-state index in [0.717, 1.165) is 42.0 Å². The first-order valence-electron chi connectivity index (χ1n) is 9.77. The zero-order valence-electron chi connectivity index (χ0n) is 16.9. The molecule has 0 aromatic heterocycles. The van der Waals surface area contributed by atoms with Crippen molar-refractivity contribution in [2.45, 2.75) is 31.6 Å². The Kier molecular flexibility index (Phi) is 4.99. The Morgan fingerprint density at radius 1 is 0.867 bits per heavy atom. The number of sulfonamides is 1. The highest BCUT2D eigenvalue weighted by Gasteiger charge is 2.43. The molecule has 0 bridgehead atoms. The fraction of sp³-hybridized carbons (Fsp3) is 0.273. The Labute approximate surface area is 175 Å². The summed E-state index contributed by atoms with van der Waals surface area (Å²) >= 11 is 0. The van der Waals surface area contributed by atoms with Crippen LogP contribution in [0.4, 0.5) is 5.69 Å².